The topological polar surface area (TPSA) is 46.2 Å². The third kappa shape index (κ3) is 2.74. The Morgan fingerprint density at radius 3 is 2.00 bits per heavy atom. The summed E-state index contributed by atoms with van der Waals surface area (Å²) in [5.74, 6) is -2.42. The molecule has 0 aromatic heterocycles. The van der Waals surface area contributed by atoms with Gasteiger partial charge in [0.05, 0.1) is 5.54 Å². The van der Waals surface area contributed by atoms with Crippen LogP contribution in [0.25, 0.3) is 0 Å². The van der Waals surface area contributed by atoms with E-state index in [1.54, 1.807) is 0 Å². The average molecular weight is 237 g/mol. The summed E-state index contributed by atoms with van der Waals surface area (Å²) in [5, 5.41) is 1.86. The molecule has 16 heavy (non-hydrogen) atoms. The zero-order valence-corrected chi connectivity index (χ0v) is 8.99. The molecule has 1 fully saturated rings. The van der Waals surface area contributed by atoms with Gasteiger partial charge in [-0.25, -0.2) is 0 Å². The van der Waals surface area contributed by atoms with Gasteiger partial charge < -0.3 is 5.32 Å². The number of Topliss-reactive ketones (excluding diaryl/α,β-unsaturated/α-hetero) is 1. The highest BCUT2D eigenvalue weighted by molar-refractivity contribution is 5.93. The minimum absolute atomic E-state index is 0.296. The number of halogens is 3. The Balaban J connectivity index is 2.79. The van der Waals surface area contributed by atoms with Gasteiger partial charge in [0.25, 0.3) is 0 Å². The lowest BCUT2D eigenvalue weighted by Gasteiger charge is -2.35. The van der Waals surface area contributed by atoms with E-state index >= 15 is 0 Å². The summed E-state index contributed by atoms with van der Waals surface area (Å²) in [5.41, 5.74) is -1.30. The Morgan fingerprint density at radius 2 is 1.62 bits per heavy atom. The van der Waals surface area contributed by atoms with Gasteiger partial charge >= 0.3 is 12.1 Å². The van der Waals surface area contributed by atoms with Crippen molar-refractivity contribution in [3.05, 3.63) is 0 Å². The molecule has 0 heterocycles. The maximum absolute atomic E-state index is 12.1. The van der Waals surface area contributed by atoms with Crippen molar-refractivity contribution in [2.45, 2.75) is 50.7 Å². The number of nitrogens with one attached hydrogen (secondary N) is 1. The minimum atomic E-state index is -4.93. The van der Waals surface area contributed by atoms with E-state index in [9.17, 15) is 22.8 Å². The predicted molar refractivity (Wildman–Crippen MR) is 50.7 cm³/mol. The Bertz CT molecular complexity index is 293. The molecule has 0 aromatic carbocycles. The van der Waals surface area contributed by atoms with Crippen LogP contribution in [0.1, 0.15) is 39.0 Å². The molecule has 1 aliphatic rings. The van der Waals surface area contributed by atoms with E-state index in [1.165, 1.54) is 6.92 Å². The lowest BCUT2D eigenvalue weighted by Crippen LogP contribution is -2.57. The van der Waals surface area contributed by atoms with E-state index in [1.807, 2.05) is 5.32 Å². The zero-order valence-electron chi connectivity index (χ0n) is 8.99. The first-order valence-corrected chi connectivity index (χ1v) is 5.18. The number of hydrogen-bond acceptors (Lipinski definition) is 2. The largest absolute Gasteiger partial charge is 0.471 e. The Morgan fingerprint density at radius 1 is 1.12 bits per heavy atom. The van der Waals surface area contributed by atoms with Gasteiger partial charge in [0.1, 0.15) is 0 Å². The molecule has 1 saturated carbocycles. The van der Waals surface area contributed by atoms with E-state index in [2.05, 4.69) is 0 Å². The highest BCUT2D eigenvalue weighted by Gasteiger charge is 2.46. The van der Waals surface area contributed by atoms with Crippen LogP contribution in [0.3, 0.4) is 0 Å². The van der Waals surface area contributed by atoms with Gasteiger partial charge in [-0.05, 0) is 19.8 Å². The second-order valence-corrected chi connectivity index (χ2v) is 4.15. The lowest BCUT2D eigenvalue weighted by molar-refractivity contribution is -0.176. The van der Waals surface area contributed by atoms with Crippen molar-refractivity contribution >= 4 is 11.7 Å². The summed E-state index contributed by atoms with van der Waals surface area (Å²) in [4.78, 5) is 22.3. The van der Waals surface area contributed by atoms with E-state index in [-0.39, 0.29) is 0 Å². The first kappa shape index (κ1) is 13.0. The molecule has 0 atom stereocenters. The van der Waals surface area contributed by atoms with Crippen LogP contribution in [-0.4, -0.2) is 23.4 Å². The standard InChI is InChI=1S/C10H14F3NO2/c1-7(15)9(5-3-2-4-6-9)14-8(16)10(11,12)13/h2-6H2,1H3,(H,14,16). The molecular formula is C10H14F3NO2. The van der Waals surface area contributed by atoms with Crippen LogP contribution in [0.4, 0.5) is 13.2 Å². The summed E-state index contributed by atoms with van der Waals surface area (Å²) in [6.45, 7) is 1.22. The number of amides is 1. The Hall–Kier alpha value is -1.07. The van der Waals surface area contributed by atoms with Crippen molar-refractivity contribution in [3.63, 3.8) is 0 Å². The fraction of sp³-hybridized carbons (Fsp3) is 0.800. The van der Waals surface area contributed by atoms with Gasteiger partial charge in [0.15, 0.2) is 5.78 Å². The van der Waals surface area contributed by atoms with Crippen LogP contribution >= 0.6 is 0 Å². The smallest absolute Gasteiger partial charge is 0.336 e. The highest BCUT2D eigenvalue weighted by atomic mass is 19.4. The third-order valence-corrected chi connectivity index (χ3v) is 2.99. The Kier molecular flexibility index (Phi) is 3.60. The molecule has 0 radical (unpaired) electrons. The quantitative estimate of drug-likeness (QED) is 0.798. The maximum atomic E-state index is 12.1. The number of ketones is 1. The van der Waals surface area contributed by atoms with Crippen molar-refractivity contribution < 1.29 is 22.8 Å². The number of carbonyl (C=O) groups is 2. The molecule has 0 spiro atoms. The van der Waals surface area contributed by atoms with Gasteiger partial charge in [-0.15, -0.1) is 0 Å². The highest BCUT2D eigenvalue weighted by Crippen LogP contribution is 2.30. The molecular weight excluding hydrogens is 223 g/mol. The molecule has 0 aromatic rings. The molecule has 0 aliphatic heterocycles. The maximum Gasteiger partial charge on any atom is 0.471 e. The molecule has 1 N–H and O–H groups in total. The van der Waals surface area contributed by atoms with E-state index < -0.39 is 23.4 Å². The Labute approximate surface area is 91.4 Å². The van der Waals surface area contributed by atoms with Crippen LogP contribution in [0, 0.1) is 0 Å². The van der Waals surface area contributed by atoms with Crippen LogP contribution in [-0.2, 0) is 9.59 Å². The van der Waals surface area contributed by atoms with E-state index in [0.717, 1.165) is 6.42 Å². The van der Waals surface area contributed by atoms with Gasteiger partial charge in [0, 0.05) is 0 Å². The number of rotatable bonds is 2. The van der Waals surface area contributed by atoms with Crippen LogP contribution in [0.2, 0.25) is 0 Å². The number of hydrogen-bond donors (Lipinski definition) is 1. The SMILES string of the molecule is CC(=O)C1(NC(=O)C(F)(F)F)CCCCC1. The summed E-state index contributed by atoms with van der Waals surface area (Å²) >= 11 is 0. The molecule has 0 saturated heterocycles. The normalized spacial score (nSPS) is 20.2. The minimum Gasteiger partial charge on any atom is -0.336 e. The second kappa shape index (κ2) is 4.43. The van der Waals surface area contributed by atoms with Crippen LogP contribution < -0.4 is 5.32 Å². The van der Waals surface area contributed by atoms with Crippen LogP contribution in [0.15, 0.2) is 0 Å². The molecule has 0 unspecified atom stereocenters. The molecule has 1 aliphatic carbocycles. The van der Waals surface area contributed by atoms with Crippen molar-refractivity contribution in [2.24, 2.45) is 0 Å². The fourth-order valence-corrected chi connectivity index (χ4v) is 2.01. The van der Waals surface area contributed by atoms with Crippen molar-refractivity contribution in [1.29, 1.82) is 0 Å². The van der Waals surface area contributed by atoms with Gasteiger partial charge in [-0.2, -0.15) is 13.2 Å². The second-order valence-electron chi connectivity index (χ2n) is 4.15. The molecule has 92 valence electrons. The van der Waals surface area contributed by atoms with E-state index in [4.69, 9.17) is 0 Å². The molecule has 0 bridgehead atoms. The first-order valence-electron chi connectivity index (χ1n) is 5.18. The third-order valence-electron chi connectivity index (χ3n) is 2.99. The molecule has 6 heteroatoms. The summed E-state index contributed by atoms with van der Waals surface area (Å²) in [7, 11) is 0. The molecule has 3 nitrogen and oxygen atoms in total. The number of carbonyl (C=O) groups excluding carboxylic acids is 2. The summed E-state index contributed by atoms with van der Waals surface area (Å²) in [6, 6.07) is 0. The zero-order chi connectivity index (χ0) is 12.4. The fourth-order valence-electron chi connectivity index (χ4n) is 2.01. The van der Waals surface area contributed by atoms with Crippen LogP contribution in [0.5, 0.6) is 0 Å². The van der Waals surface area contributed by atoms with E-state index in [0.29, 0.717) is 25.7 Å². The predicted octanol–water partition coefficient (Wildman–Crippen LogP) is 1.96. The first-order chi connectivity index (χ1) is 7.28. The van der Waals surface area contributed by atoms with Crippen molar-refractivity contribution in [1.82, 2.24) is 5.32 Å². The summed E-state index contributed by atoms with van der Waals surface area (Å²) < 4.78 is 36.3. The van der Waals surface area contributed by atoms with Gasteiger partial charge in [0.2, 0.25) is 0 Å². The average Bonchev–Trinajstić information content (AvgIpc) is 2.17. The monoisotopic (exact) mass is 237 g/mol. The molecule has 1 rings (SSSR count). The van der Waals surface area contributed by atoms with Gasteiger partial charge in [-0.1, -0.05) is 19.3 Å². The lowest BCUT2D eigenvalue weighted by atomic mass is 9.79. The van der Waals surface area contributed by atoms with Gasteiger partial charge in [-0.3, -0.25) is 9.59 Å². The molecule has 1 amide bonds. The summed E-state index contributed by atoms with van der Waals surface area (Å²) in [6.07, 6.45) is -2.12. The number of alkyl halides is 3. The van der Waals surface area contributed by atoms with Crippen molar-refractivity contribution in [3.8, 4) is 0 Å². The van der Waals surface area contributed by atoms with Crippen molar-refractivity contribution in [2.75, 3.05) is 0 Å².